The van der Waals surface area contributed by atoms with E-state index >= 15 is 0 Å². The smallest absolute Gasteiger partial charge is 0.305 e. The number of hydrogen-bond donors (Lipinski definition) is 1. The summed E-state index contributed by atoms with van der Waals surface area (Å²) < 4.78 is 1.80. The summed E-state index contributed by atoms with van der Waals surface area (Å²) in [6.45, 7) is 0. The van der Waals surface area contributed by atoms with Crippen LogP contribution in [0.2, 0.25) is 0 Å². The van der Waals surface area contributed by atoms with Gasteiger partial charge in [0.1, 0.15) is 12.7 Å². The second-order valence-corrected chi connectivity index (χ2v) is 3.41. The molecule has 0 saturated heterocycles. The monoisotopic (exact) mass is 181 g/mol. The third-order valence-corrected chi connectivity index (χ3v) is 2.37. The van der Waals surface area contributed by atoms with Crippen LogP contribution >= 0.6 is 0 Å². The van der Waals surface area contributed by atoms with E-state index in [1.54, 1.807) is 17.2 Å². The molecule has 13 heavy (non-hydrogen) atoms. The fourth-order valence-corrected chi connectivity index (χ4v) is 1.56. The molecular formula is C8H11N3O2. The molecule has 1 N–H and O–H groups in total. The molecular weight excluding hydrogens is 170 g/mol. The van der Waals surface area contributed by atoms with Crippen molar-refractivity contribution in [1.29, 1.82) is 0 Å². The predicted molar refractivity (Wildman–Crippen MR) is 44.0 cm³/mol. The van der Waals surface area contributed by atoms with Gasteiger partial charge in [0.25, 0.3) is 0 Å². The van der Waals surface area contributed by atoms with Gasteiger partial charge in [-0.05, 0) is 18.8 Å². The molecule has 1 atom stereocenters. The van der Waals surface area contributed by atoms with Crippen molar-refractivity contribution in [3.63, 3.8) is 0 Å². The summed E-state index contributed by atoms with van der Waals surface area (Å²) in [6.07, 6.45) is 5.59. The van der Waals surface area contributed by atoms with Crippen LogP contribution in [0.3, 0.4) is 0 Å². The second kappa shape index (κ2) is 3.16. The molecule has 1 aromatic heterocycles. The maximum Gasteiger partial charge on any atom is 0.305 e. The van der Waals surface area contributed by atoms with Crippen molar-refractivity contribution in [1.82, 2.24) is 14.8 Å². The van der Waals surface area contributed by atoms with Crippen molar-refractivity contribution in [2.24, 2.45) is 5.92 Å². The van der Waals surface area contributed by atoms with E-state index in [1.807, 2.05) is 0 Å². The topological polar surface area (TPSA) is 68.0 Å². The molecule has 0 aromatic carbocycles. The van der Waals surface area contributed by atoms with Gasteiger partial charge >= 0.3 is 5.97 Å². The number of carbonyl (C=O) groups is 1. The molecule has 5 nitrogen and oxygen atoms in total. The lowest BCUT2D eigenvalue weighted by atomic mass is 10.1. The van der Waals surface area contributed by atoms with Crippen LogP contribution in [-0.4, -0.2) is 25.8 Å². The highest BCUT2D eigenvalue weighted by molar-refractivity contribution is 5.67. The summed E-state index contributed by atoms with van der Waals surface area (Å²) in [7, 11) is 0. The van der Waals surface area contributed by atoms with E-state index in [-0.39, 0.29) is 12.5 Å². The zero-order valence-electron chi connectivity index (χ0n) is 7.13. The Hall–Kier alpha value is -1.39. The first-order valence-electron chi connectivity index (χ1n) is 4.33. The first kappa shape index (κ1) is 8.22. The van der Waals surface area contributed by atoms with E-state index < -0.39 is 5.97 Å². The highest BCUT2D eigenvalue weighted by Gasteiger charge is 2.33. The van der Waals surface area contributed by atoms with Crippen LogP contribution in [0.15, 0.2) is 12.7 Å². The van der Waals surface area contributed by atoms with Crippen LogP contribution in [-0.2, 0) is 4.79 Å². The van der Waals surface area contributed by atoms with Gasteiger partial charge in [-0.1, -0.05) is 0 Å². The maximum absolute atomic E-state index is 10.6. The van der Waals surface area contributed by atoms with Gasteiger partial charge in [0.15, 0.2) is 0 Å². The summed E-state index contributed by atoms with van der Waals surface area (Å²) in [5.74, 6) is -0.252. The van der Waals surface area contributed by atoms with Crippen LogP contribution in [0.25, 0.3) is 0 Å². The van der Waals surface area contributed by atoms with Crippen LogP contribution in [0.4, 0.5) is 0 Å². The molecule has 0 radical (unpaired) electrons. The lowest BCUT2D eigenvalue weighted by molar-refractivity contribution is -0.138. The molecule has 2 rings (SSSR count). The molecule has 0 aliphatic heterocycles. The van der Waals surface area contributed by atoms with Crippen molar-refractivity contribution in [3.05, 3.63) is 12.7 Å². The molecule has 1 aliphatic rings. The van der Waals surface area contributed by atoms with E-state index in [1.165, 1.54) is 0 Å². The first-order valence-corrected chi connectivity index (χ1v) is 4.33. The zero-order chi connectivity index (χ0) is 9.26. The largest absolute Gasteiger partial charge is 0.481 e. The fourth-order valence-electron chi connectivity index (χ4n) is 1.56. The normalized spacial score (nSPS) is 18.5. The average molecular weight is 181 g/mol. The lowest BCUT2D eigenvalue weighted by Crippen LogP contribution is -2.14. The molecule has 0 amide bonds. The summed E-state index contributed by atoms with van der Waals surface area (Å²) >= 11 is 0. The van der Waals surface area contributed by atoms with Gasteiger partial charge in [-0.25, -0.2) is 0 Å². The Bertz CT molecular complexity index is 292. The van der Waals surface area contributed by atoms with Crippen molar-refractivity contribution in [3.8, 4) is 0 Å². The Kier molecular flexibility index (Phi) is 2.00. The standard InChI is InChI=1S/C8H11N3O2/c12-8(13)3-7(6-1-2-6)11-4-9-10-5-11/h4-7H,1-3H2,(H,12,13). The lowest BCUT2D eigenvalue weighted by Gasteiger charge is -2.13. The van der Waals surface area contributed by atoms with Gasteiger partial charge in [-0.2, -0.15) is 0 Å². The molecule has 0 spiro atoms. The second-order valence-electron chi connectivity index (χ2n) is 3.41. The third-order valence-electron chi connectivity index (χ3n) is 2.37. The summed E-state index contributed by atoms with van der Waals surface area (Å²) in [4.78, 5) is 10.6. The Balaban J connectivity index is 2.09. The Morgan fingerprint density at radius 3 is 2.62 bits per heavy atom. The van der Waals surface area contributed by atoms with Crippen molar-refractivity contribution < 1.29 is 9.90 Å². The minimum Gasteiger partial charge on any atom is -0.481 e. The number of hydrogen-bond acceptors (Lipinski definition) is 3. The van der Waals surface area contributed by atoms with Gasteiger partial charge in [-0.3, -0.25) is 4.79 Å². The zero-order valence-corrected chi connectivity index (χ0v) is 7.13. The van der Waals surface area contributed by atoms with E-state index in [4.69, 9.17) is 5.11 Å². The molecule has 70 valence electrons. The summed E-state index contributed by atoms with van der Waals surface area (Å²) in [5.41, 5.74) is 0. The molecule has 1 aromatic rings. The van der Waals surface area contributed by atoms with Gasteiger partial charge in [0.05, 0.1) is 6.42 Å². The van der Waals surface area contributed by atoms with Gasteiger partial charge in [0.2, 0.25) is 0 Å². The molecule has 1 fully saturated rings. The van der Waals surface area contributed by atoms with E-state index in [2.05, 4.69) is 10.2 Å². The number of aliphatic carboxylic acids is 1. The molecule has 1 unspecified atom stereocenters. The molecule has 1 aliphatic carbocycles. The van der Waals surface area contributed by atoms with E-state index in [0.29, 0.717) is 5.92 Å². The van der Waals surface area contributed by atoms with Crippen LogP contribution in [0.1, 0.15) is 25.3 Å². The minimum atomic E-state index is -0.759. The minimum absolute atomic E-state index is 0.0486. The highest BCUT2D eigenvalue weighted by atomic mass is 16.4. The summed E-state index contributed by atoms with van der Waals surface area (Å²) in [5, 5.41) is 16.1. The quantitative estimate of drug-likeness (QED) is 0.742. The molecule has 1 heterocycles. The van der Waals surface area contributed by atoms with Crippen molar-refractivity contribution in [2.45, 2.75) is 25.3 Å². The molecule has 1 saturated carbocycles. The van der Waals surface area contributed by atoms with Gasteiger partial charge in [-0.15, -0.1) is 10.2 Å². The average Bonchev–Trinajstić information content (AvgIpc) is 2.77. The SMILES string of the molecule is O=C(O)CC(C1CC1)n1cnnc1. The van der Waals surface area contributed by atoms with E-state index in [0.717, 1.165) is 12.8 Å². The maximum atomic E-state index is 10.6. The van der Waals surface area contributed by atoms with Crippen LogP contribution < -0.4 is 0 Å². The number of nitrogens with zero attached hydrogens (tertiary/aromatic N) is 3. The predicted octanol–water partition coefficient (Wildman–Crippen LogP) is 0.704. The number of rotatable bonds is 4. The number of carboxylic acid groups (broad SMARTS) is 1. The third kappa shape index (κ3) is 1.85. The van der Waals surface area contributed by atoms with Gasteiger partial charge in [0, 0.05) is 6.04 Å². The van der Waals surface area contributed by atoms with Gasteiger partial charge < -0.3 is 9.67 Å². The van der Waals surface area contributed by atoms with Crippen LogP contribution in [0, 0.1) is 5.92 Å². The fraction of sp³-hybridized carbons (Fsp3) is 0.625. The van der Waals surface area contributed by atoms with Crippen molar-refractivity contribution in [2.75, 3.05) is 0 Å². The Morgan fingerprint density at radius 1 is 1.54 bits per heavy atom. The molecule has 5 heteroatoms. The Morgan fingerprint density at radius 2 is 2.15 bits per heavy atom. The van der Waals surface area contributed by atoms with Crippen LogP contribution in [0.5, 0.6) is 0 Å². The molecule has 0 bridgehead atoms. The number of carboxylic acids is 1. The van der Waals surface area contributed by atoms with Crippen molar-refractivity contribution >= 4 is 5.97 Å². The first-order chi connectivity index (χ1) is 6.27. The van der Waals surface area contributed by atoms with E-state index in [9.17, 15) is 4.79 Å². The number of aromatic nitrogens is 3. The highest BCUT2D eigenvalue weighted by Crippen LogP contribution is 2.41. The Labute approximate surface area is 75.4 Å². The summed E-state index contributed by atoms with van der Waals surface area (Å²) in [6, 6.07) is 0.0486.